The van der Waals surface area contributed by atoms with Gasteiger partial charge in [0.2, 0.25) is 0 Å². The SMILES string of the molecule is CCc1cccc2c1NCC2N. The highest BCUT2D eigenvalue weighted by atomic mass is 15.0. The van der Waals surface area contributed by atoms with Crippen LogP contribution in [-0.2, 0) is 6.42 Å². The second-order valence-electron chi connectivity index (χ2n) is 3.22. The summed E-state index contributed by atoms with van der Waals surface area (Å²) in [6, 6.07) is 6.54. The molecule has 0 aliphatic carbocycles. The number of nitrogens with one attached hydrogen (secondary N) is 1. The van der Waals surface area contributed by atoms with E-state index < -0.39 is 0 Å². The quantitative estimate of drug-likeness (QED) is 0.659. The zero-order valence-corrected chi connectivity index (χ0v) is 7.30. The van der Waals surface area contributed by atoms with Gasteiger partial charge in [0.15, 0.2) is 0 Å². The average molecular weight is 162 g/mol. The molecule has 1 aromatic carbocycles. The topological polar surface area (TPSA) is 38.0 Å². The van der Waals surface area contributed by atoms with Crippen molar-refractivity contribution in [2.75, 3.05) is 11.9 Å². The molecule has 2 heteroatoms. The number of hydrogen-bond donors (Lipinski definition) is 2. The molecule has 0 fully saturated rings. The summed E-state index contributed by atoms with van der Waals surface area (Å²) >= 11 is 0. The van der Waals surface area contributed by atoms with E-state index in [1.165, 1.54) is 16.8 Å². The van der Waals surface area contributed by atoms with Gasteiger partial charge in [-0.1, -0.05) is 25.1 Å². The van der Waals surface area contributed by atoms with Crippen LogP contribution < -0.4 is 11.1 Å². The molecule has 64 valence electrons. The molecule has 1 aliphatic heterocycles. The third-order valence-electron chi connectivity index (χ3n) is 2.46. The molecule has 0 radical (unpaired) electrons. The van der Waals surface area contributed by atoms with Crippen LogP contribution in [0.15, 0.2) is 18.2 Å². The van der Waals surface area contributed by atoms with Crippen molar-refractivity contribution in [1.82, 2.24) is 0 Å². The second kappa shape index (κ2) is 2.79. The number of aryl methyl sites for hydroxylation is 1. The van der Waals surface area contributed by atoms with Crippen molar-refractivity contribution in [1.29, 1.82) is 0 Å². The van der Waals surface area contributed by atoms with E-state index in [4.69, 9.17) is 5.73 Å². The summed E-state index contributed by atoms with van der Waals surface area (Å²) in [6.45, 7) is 3.05. The van der Waals surface area contributed by atoms with E-state index in [9.17, 15) is 0 Å². The molecular weight excluding hydrogens is 148 g/mol. The Kier molecular flexibility index (Phi) is 1.77. The molecule has 2 rings (SSSR count). The molecule has 0 aromatic heterocycles. The van der Waals surface area contributed by atoms with E-state index in [1.54, 1.807) is 0 Å². The summed E-state index contributed by atoms with van der Waals surface area (Å²) in [5, 5.41) is 3.34. The summed E-state index contributed by atoms with van der Waals surface area (Å²) in [6.07, 6.45) is 1.07. The first-order valence-electron chi connectivity index (χ1n) is 4.44. The van der Waals surface area contributed by atoms with Crippen molar-refractivity contribution in [3.8, 4) is 0 Å². The van der Waals surface area contributed by atoms with E-state index in [1.807, 2.05) is 0 Å². The summed E-state index contributed by atoms with van der Waals surface area (Å²) in [5.74, 6) is 0. The van der Waals surface area contributed by atoms with Crippen LogP contribution in [0.2, 0.25) is 0 Å². The van der Waals surface area contributed by atoms with E-state index in [0.717, 1.165) is 13.0 Å². The highest BCUT2D eigenvalue weighted by Gasteiger charge is 2.19. The van der Waals surface area contributed by atoms with Gasteiger partial charge in [0, 0.05) is 18.3 Å². The number of benzene rings is 1. The number of fused-ring (bicyclic) bond motifs is 1. The van der Waals surface area contributed by atoms with Gasteiger partial charge in [-0.15, -0.1) is 0 Å². The third-order valence-corrected chi connectivity index (χ3v) is 2.46. The molecule has 0 amide bonds. The van der Waals surface area contributed by atoms with Crippen LogP contribution in [0.1, 0.15) is 24.1 Å². The number of hydrogen-bond acceptors (Lipinski definition) is 2. The highest BCUT2D eigenvalue weighted by Crippen LogP contribution is 2.31. The molecular formula is C10H14N2. The first-order chi connectivity index (χ1) is 5.83. The van der Waals surface area contributed by atoms with Crippen LogP contribution in [0.3, 0.4) is 0 Å². The molecule has 0 saturated heterocycles. The highest BCUT2D eigenvalue weighted by molar-refractivity contribution is 5.62. The number of rotatable bonds is 1. The van der Waals surface area contributed by atoms with Crippen molar-refractivity contribution in [3.63, 3.8) is 0 Å². The Balaban J connectivity index is 2.50. The van der Waals surface area contributed by atoms with E-state index in [0.29, 0.717) is 0 Å². The maximum atomic E-state index is 5.91. The number of anilines is 1. The van der Waals surface area contributed by atoms with E-state index in [2.05, 4.69) is 30.4 Å². The molecule has 1 atom stereocenters. The van der Waals surface area contributed by atoms with Gasteiger partial charge in [-0.05, 0) is 17.5 Å². The lowest BCUT2D eigenvalue weighted by atomic mass is 10.0. The molecule has 3 N–H and O–H groups in total. The Morgan fingerprint density at radius 2 is 2.42 bits per heavy atom. The van der Waals surface area contributed by atoms with Crippen LogP contribution >= 0.6 is 0 Å². The van der Waals surface area contributed by atoms with Gasteiger partial charge < -0.3 is 11.1 Å². The summed E-state index contributed by atoms with van der Waals surface area (Å²) in [7, 11) is 0. The lowest BCUT2D eigenvalue weighted by Crippen LogP contribution is -2.11. The largest absolute Gasteiger partial charge is 0.383 e. The Bertz CT molecular complexity index is 294. The lowest BCUT2D eigenvalue weighted by Gasteiger charge is -2.06. The van der Waals surface area contributed by atoms with Gasteiger partial charge in [-0.3, -0.25) is 0 Å². The fourth-order valence-corrected chi connectivity index (χ4v) is 1.76. The Hall–Kier alpha value is -1.02. The van der Waals surface area contributed by atoms with Gasteiger partial charge in [-0.2, -0.15) is 0 Å². The van der Waals surface area contributed by atoms with Gasteiger partial charge in [0.25, 0.3) is 0 Å². The molecule has 1 heterocycles. The monoisotopic (exact) mass is 162 g/mol. The number of para-hydroxylation sites is 1. The zero-order chi connectivity index (χ0) is 8.55. The molecule has 1 aromatic rings. The zero-order valence-electron chi connectivity index (χ0n) is 7.30. The van der Waals surface area contributed by atoms with Crippen molar-refractivity contribution in [3.05, 3.63) is 29.3 Å². The van der Waals surface area contributed by atoms with Gasteiger partial charge >= 0.3 is 0 Å². The molecule has 1 aliphatic rings. The standard InChI is InChI=1S/C10H14N2/c1-2-7-4-3-5-8-9(11)6-12-10(7)8/h3-5,9,12H,2,6,11H2,1H3. The molecule has 2 nitrogen and oxygen atoms in total. The average Bonchev–Trinajstić information content (AvgIpc) is 2.48. The molecule has 1 unspecified atom stereocenters. The van der Waals surface area contributed by atoms with Gasteiger partial charge in [0.05, 0.1) is 0 Å². The summed E-state index contributed by atoms with van der Waals surface area (Å²) in [5.41, 5.74) is 9.83. The Morgan fingerprint density at radius 1 is 1.58 bits per heavy atom. The summed E-state index contributed by atoms with van der Waals surface area (Å²) < 4.78 is 0. The van der Waals surface area contributed by atoms with E-state index in [-0.39, 0.29) is 6.04 Å². The second-order valence-corrected chi connectivity index (χ2v) is 3.22. The van der Waals surface area contributed by atoms with Crippen LogP contribution in [0, 0.1) is 0 Å². The minimum absolute atomic E-state index is 0.187. The third kappa shape index (κ3) is 0.994. The van der Waals surface area contributed by atoms with Crippen LogP contribution in [0.4, 0.5) is 5.69 Å². The minimum atomic E-state index is 0.187. The van der Waals surface area contributed by atoms with Gasteiger partial charge in [-0.25, -0.2) is 0 Å². The maximum absolute atomic E-state index is 5.91. The first kappa shape index (κ1) is 7.62. The van der Waals surface area contributed by atoms with Crippen molar-refractivity contribution in [2.24, 2.45) is 5.73 Å². The van der Waals surface area contributed by atoms with Crippen molar-refractivity contribution >= 4 is 5.69 Å². The normalized spacial score (nSPS) is 20.3. The molecule has 12 heavy (non-hydrogen) atoms. The Morgan fingerprint density at radius 3 is 3.17 bits per heavy atom. The molecule has 0 saturated carbocycles. The molecule has 0 bridgehead atoms. The fourth-order valence-electron chi connectivity index (χ4n) is 1.76. The predicted octanol–water partition coefficient (Wildman–Crippen LogP) is 1.67. The first-order valence-corrected chi connectivity index (χ1v) is 4.44. The maximum Gasteiger partial charge on any atom is 0.0491 e. The van der Waals surface area contributed by atoms with Crippen molar-refractivity contribution < 1.29 is 0 Å². The predicted molar refractivity (Wildman–Crippen MR) is 51.2 cm³/mol. The van der Waals surface area contributed by atoms with Crippen molar-refractivity contribution in [2.45, 2.75) is 19.4 Å². The lowest BCUT2D eigenvalue weighted by molar-refractivity contribution is 0.808. The van der Waals surface area contributed by atoms with Gasteiger partial charge in [0.1, 0.15) is 0 Å². The minimum Gasteiger partial charge on any atom is -0.383 e. The smallest absolute Gasteiger partial charge is 0.0491 e. The Labute approximate surface area is 72.8 Å². The van der Waals surface area contributed by atoms with Crippen LogP contribution in [-0.4, -0.2) is 6.54 Å². The van der Waals surface area contributed by atoms with Crippen LogP contribution in [0.5, 0.6) is 0 Å². The number of nitrogens with two attached hydrogens (primary N) is 1. The summed E-state index contributed by atoms with van der Waals surface area (Å²) in [4.78, 5) is 0. The van der Waals surface area contributed by atoms with E-state index >= 15 is 0 Å². The molecule has 0 spiro atoms. The van der Waals surface area contributed by atoms with Crippen LogP contribution in [0.25, 0.3) is 0 Å². The fraction of sp³-hybridized carbons (Fsp3) is 0.400.